The number of ether oxygens (including phenoxy) is 3. The monoisotopic (exact) mass is 437 g/mol. The molecule has 0 radical (unpaired) electrons. The number of benzene rings is 2. The number of hydrogen-bond acceptors (Lipinski definition) is 7. The topological polar surface area (TPSA) is 86.9 Å². The lowest BCUT2D eigenvalue weighted by molar-refractivity contribution is 0.0695. The van der Waals surface area contributed by atoms with Crippen molar-refractivity contribution in [2.75, 3.05) is 34.4 Å². The van der Waals surface area contributed by atoms with E-state index < -0.39 is 0 Å². The highest BCUT2D eigenvalue weighted by Gasteiger charge is 2.30. The summed E-state index contributed by atoms with van der Waals surface area (Å²) in [6.45, 7) is 3.20. The van der Waals surface area contributed by atoms with Crippen LogP contribution in [0.5, 0.6) is 17.2 Å². The van der Waals surface area contributed by atoms with Crippen LogP contribution in [0, 0.1) is 6.92 Å². The van der Waals surface area contributed by atoms with Gasteiger partial charge in [0.15, 0.2) is 11.5 Å². The standard InChI is InChI=1S/C24H27N3O5/c1-15-7-9-16(10-8-15)22-25-23(32-26-22)17-6-5-11-27(14-17)24(28)18-12-19(29-2)21(31-4)20(13-18)30-3/h7-10,12-13,17H,5-6,11,14H2,1-4H3/t17-/m0/s1. The molecule has 0 unspecified atom stereocenters. The molecule has 3 aromatic rings. The third-order valence-corrected chi connectivity index (χ3v) is 5.72. The van der Waals surface area contributed by atoms with Crippen LogP contribution in [0.2, 0.25) is 0 Å². The van der Waals surface area contributed by atoms with Crippen molar-refractivity contribution >= 4 is 5.91 Å². The van der Waals surface area contributed by atoms with Crippen LogP contribution < -0.4 is 14.2 Å². The molecule has 1 aromatic heterocycles. The molecule has 1 saturated heterocycles. The maximum atomic E-state index is 13.3. The van der Waals surface area contributed by atoms with E-state index >= 15 is 0 Å². The summed E-state index contributed by atoms with van der Waals surface area (Å²) in [4.78, 5) is 19.7. The van der Waals surface area contributed by atoms with E-state index in [1.165, 1.54) is 26.9 Å². The second-order valence-corrected chi connectivity index (χ2v) is 7.83. The van der Waals surface area contributed by atoms with Gasteiger partial charge in [0, 0.05) is 24.2 Å². The Morgan fingerprint density at radius 3 is 2.38 bits per heavy atom. The van der Waals surface area contributed by atoms with E-state index in [2.05, 4.69) is 10.1 Å². The first-order valence-electron chi connectivity index (χ1n) is 10.5. The highest BCUT2D eigenvalue weighted by molar-refractivity contribution is 5.95. The Balaban J connectivity index is 1.53. The number of piperidine rings is 1. The highest BCUT2D eigenvalue weighted by atomic mass is 16.5. The number of amides is 1. The third-order valence-electron chi connectivity index (χ3n) is 5.72. The minimum absolute atomic E-state index is 0.0126. The number of aryl methyl sites for hydroxylation is 1. The lowest BCUT2D eigenvalue weighted by Crippen LogP contribution is -2.39. The lowest BCUT2D eigenvalue weighted by Gasteiger charge is -2.31. The van der Waals surface area contributed by atoms with E-state index in [1.54, 1.807) is 12.1 Å². The van der Waals surface area contributed by atoms with Crippen molar-refractivity contribution in [3.63, 3.8) is 0 Å². The molecule has 1 amide bonds. The summed E-state index contributed by atoms with van der Waals surface area (Å²) >= 11 is 0. The molecule has 0 N–H and O–H groups in total. The Morgan fingerprint density at radius 1 is 1.06 bits per heavy atom. The third kappa shape index (κ3) is 4.26. The van der Waals surface area contributed by atoms with Crippen molar-refractivity contribution in [2.45, 2.75) is 25.7 Å². The van der Waals surface area contributed by atoms with E-state index in [0.29, 0.717) is 47.6 Å². The van der Waals surface area contributed by atoms with Crippen LogP contribution >= 0.6 is 0 Å². The highest BCUT2D eigenvalue weighted by Crippen LogP contribution is 2.39. The number of aromatic nitrogens is 2. The molecule has 1 aliphatic rings. The second kappa shape index (κ2) is 9.30. The number of hydrogen-bond donors (Lipinski definition) is 0. The van der Waals surface area contributed by atoms with Crippen LogP contribution in [-0.2, 0) is 0 Å². The largest absolute Gasteiger partial charge is 0.493 e. The zero-order valence-corrected chi connectivity index (χ0v) is 18.8. The quantitative estimate of drug-likeness (QED) is 0.574. The van der Waals surface area contributed by atoms with E-state index in [-0.39, 0.29) is 11.8 Å². The van der Waals surface area contributed by atoms with Gasteiger partial charge in [-0.15, -0.1) is 0 Å². The molecule has 4 rings (SSSR count). The fourth-order valence-corrected chi connectivity index (χ4v) is 3.97. The molecule has 0 saturated carbocycles. The van der Waals surface area contributed by atoms with Crippen LogP contribution in [-0.4, -0.2) is 55.4 Å². The number of nitrogens with zero attached hydrogens (tertiary/aromatic N) is 3. The number of carbonyl (C=O) groups is 1. The van der Waals surface area contributed by atoms with Crippen molar-refractivity contribution in [3.8, 4) is 28.6 Å². The second-order valence-electron chi connectivity index (χ2n) is 7.83. The van der Waals surface area contributed by atoms with Gasteiger partial charge < -0.3 is 23.6 Å². The molecule has 2 heterocycles. The lowest BCUT2D eigenvalue weighted by atomic mass is 9.97. The van der Waals surface area contributed by atoms with Crippen molar-refractivity contribution in [2.24, 2.45) is 0 Å². The normalized spacial score (nSPS) is 16.0. The van der Waals surface area contributed by atoms with Crippen molar-refractivity contribution in [1.29, 1.82) is 0 Å². The van der Waals surface area contributed by atoms with E-state index in [9.17, 15) is 4.79 Å². The van der Waals surface area contributed by atoms with Gasteiger partial charge in [-0.3, -0.25) is 4.79 Å². The predicted octanol–water partition coefficient (Wildman–Crippen LogP) is 4.09. The van der Waals surface area contributed by atoms with Gasteiger partial charge in [0.05, 0.1) is 27.2 Å². The van der Waals surface area contributed by atoms with Gasteiger partial charge in [-0.05, 0) is 31.9 Å². The summed E-state index contributed by atoms with van der Waals surface area (Å²) in [6, 6.07) is 11.3. The van der Waals surface area contributed by atoms with Gasteiger partial charge in [0.1, 0.15) is 0 Å². The van der Waals surface area contributed by atoms with Crippen LogP contribution in [0.4, 0.5) is 0 Å². The maximum Gasteiger partial charge on any atom is 0.254 e. The first-order valence-corrected chi connectivity index (χ1v) is 10.5. The fraction of sp³-hybridized carbons (Fsp3) is 0.375. The molecule has 1 atom stereocenters. The average Bonchev–Trinajstić information content (AvgIpc) is 3.33. The number of likely N-dealkylation sites (tertiary alicyclic amines) is 1. The van der Waals surface area contributed by atoms with Crippen molar-refractivity contribution in [3.05, 3.63) is 53.4 Å². The zero-order chi connectivity index (χ0) is 22.7. The molecule has 2 aromatic carbocycles. The maximum absolute atomic E-state index is 13.3. The van der Waals surface area contributed by atoms with Gasteiger partial charge in [0.25, 0.3) is 5.91 Å². The van der Waals surface area contributed by atoms with Gasteiger partial charge in [0.2, 0.25) is 17.5 Å². The Bertz CT molecular complexity index is 1070. The first-order chi connectivity index (χ1) is 15.5. The molecule has 0 aliphatic carbocycles. The molecule has 32 heavy (non-hydrogen) atoms. The molecular formula is C24H27N3O5. The number of carbonyl (C=O) groups excluding carboxylic acids is 1. The van der Waals surface area contributed by atoms with E-state index in [4.69, 9.17) is 18.7 Å². The van der Waals surface area contributed by atoms with Crippen LogP contribution in [0.1, 0.15) is 40.6 Å². The average molecular weight is 437 g/mol. The minimum Gasteiger partial charge on any atom is -0.493 e. The molecule has 1 fully saturated rings. The molecule has 8 nitrogen and oxygen atoms in total. The molecule has 0 bridgehead atoms. The molecule has 1 aliphatic heterocycles. The van der Waals surface area contributed by atoms with Crippen LogP contribution in [0.15, 0.2) is 40.9 Å². The Kier molecular flexibility index (Phi) is 6.30. The molecule has 0 spiro atoms. The van der Waals surface area contributed by atoms with Crippen molar-refractivity contribution in [1.82, 2.24) is 15.0 Å². The van der Waals surface area contributed by atoms with Crippen LogP contribution in [0.3, 0.4) is 0 Å². The summed E-state index contributed by atoms with van der Waals surface area (Å²) in [5, 5.41) is 4.15. The smallest absolute Gasteiger partial charge is 0.254 e. The van der Waals surface area contributed by atoms with Gasteiger partial charge in [-0.2, -0.15) is 4.98 Å². The SMILES string of the molecule is COc1cc(C(=O)N2CCC[C@H](c3nc(-c4ccc(C)cc4)no3)C2)cc(OC)c1OC. The number of methoxy groups -OCH3 is 3. The van der Waals surface area contributed by atoms with Gasteiger partial charge in [-0.1, -0.05) is 35.0 Å². The van der Waals surface area contributed by atoms with E-state index in [0.717, 1.165) is 18.4 Å². The molecule has 168 valence electrons. The Labute approximate surface area is 187 Å². The van der Waals surface area contributed by atoms with Gasteiger partial charge >= 0.3 is 0 Å². The van der Waals surface area contributed by atoms with Crippen LogP contribution in [0.25, 0.3) is 11.4 Å². The summed E-state index contributed by atoms with van der Waals surface area (Å²) < 4.78 is 21.7. The first kappa shape index (κ1) is 21.7. The zero-order valence-electron chi connectivity index (χ0n) is 18.8. The summed E-state index contributed by atoms with van der Waals surface area (Å²) in [7, 11) is 4.60. The Morgan fingerprint density at radius 2 is 1.75 bits per heavy atom. The minimum atomic E-state index is -0.104. The van der Waals surface area contributed by atoms with E-state index in [1.807, 2.05) is 36.1 Å². The molecule has 8 heteroatoms. The Hall–Kier alpha value is -3.55. The fourth-order valence-electron chi connectivity index (χ4n) is 3.97. The molecular weight excluding hydrogens is 410 g/mol. The predicted molar refractivity (Wildman–Crippen MR) is 118 cm³/mol. The summed E-state index contributed by atoms with van der Waals surface area (Å²) in [6.07, 6.45) is 1.73. The summed E-state index contributed by atoms with van der Waals surface area (Å²) in [5.41, 5.74) is 2.56. The van der Waals surface area contributed by atoms with Gasteiger partial charge in [-0.25, -0.2) is 0 Å². The van der Waals surface area contributed by atoms with Crippen molar-refractivity contribution < 1.29 is 23.5 Å². The number of rotatable bonds is 6. The summed E-state index contributed by atoms with van der Waals surface area (Å²) in [5.74, 6) is 2.36.